The van der Waals surface area contributed by atoms with Crippen LogP contribution in [0.3, 0.4) is 0 Å². The fourth-order valence-corrected chi connectivity index (χ4v) is 10.5. The zero-order valence-corrected chi connectivity index (χ0v) is 35.2. The number of nitrogens with zero attached hydrogens (tertiary/aromatic N) is 4. The smallest absolute Gasteiger partial charge is 0.160 e. The zero-order chi connectivity index (χ0) is 42.9. The predicted octanol–water partition coefficient (Wildman–Crippen LogP) is 14.9. The van der Waals surface area contributed by atoms with E-state index in [0.29, 0.717) is 11.6 Å². The summed E-state index contributed by atoms with van der Waals surface area (Å²) in [6.45, 7) is 0. The molecule has 2 heterocycles. The van der Waals surface area contributed by atoms with Crippen LogP contribution in [0.15, 0.2) is 231 Å². The highest BCUT2D eigenvalue weighted by Crippen LogP contribution is 2.57. The highest BCUT2D eigenvalue weighted by molar-refractivity contribution is 6.05. The minimum atomic E-state index is -0.691. The lowest BCUT2D eigenvalue weighted by Gasteiger charge is -2.34. The van der Waals surface area contributed by atoms with Gasteiger partial charge >= 0.3 is 0 Å². The zero-order valence-electron chi connectivity index (χ0n) is 35.2. The first-order valence-corrected chi connectivity index (χ1v) is 22.1. The Kier molecular flexibility index (Phi) is 8.40. The molecule has 0 saturated heterocycles. The molecule has 0 radical (unpaired) electrons. The van der Waals surface area contributed by atoms with Gasteiger partial charge in [0.05, 0.1) is 27.8 Å². The molecule has 302 valence electrons. The highest BCUT2D eigenvalue weighted by Gasteiger charge is 2.46. The van der Waals surface area contributed by atoms with Crippen LogP contribution in [0.1, 0.15) is 22.3 Å². The molecule has 0 spiro atoms. The average molecular weight is 827 g/mol. The van der Waals surface area contributed by atoms with Crippen LogP contribution in [0, 0.1) is 0 Å². The maximum Gasteiger partial charge on any atom is 0.160 e. The van der Waals surface area contributed by atoms with Crippen LogP contribution in [0.2, 0.25) is 0 Å². The summed E-state index contributed by atoms with van der Waals surface area (Å²) in [4.78, 5) is 21.5. The van der Waals surface area contributed by atoms with Gasteiger partial charge in [0.1, 0.15) is 0 Å². The third kappa shape index (κ3) is 5.77. The molecule has 1 aliphatic carbocycles. The molecule has 0 unspecified atom stereocenters. The van der Waals surface area contributed by atoms with E-state index in [1.165, 1.54) is 44.2 Å². The summed E-state index contributed by atoms with van der Waals surface area (Å²) in [5.74, 6) is 1.37. The average Bonchev–Trinajstić information content (AvgIpc) is 3.68. The van der Waals surface area contributed by atoms with Crippen molar-refractivity contribution in [2.75, 3.05) is 0 Å². The summed E-state index contributed by atoms with van der Waals surface area (Å²) < 4.78 is 0. The molecule has 2 aromatic heterocycles. The molecule has 0 atom stereocenters. The lowest BCUT2D eigenvalue weighted by Crippen LogP contribution is -2.28. The van der Waals surface area contributed by atoms with Gasteiger partial charge in [-0.15, -0.1) is 0 Å². The van der Waals surface area contributed by atoms with E-state index in [9.17, 15) is 0 Å². The third-order valence-corrected chi connectivity index (χ3v) is 13.4. The molecule has 4 heteroatoms. The van der Waals surface area contributed by atoms with Crippen LogP contribution in [-0.2, 0) is 5.41 Å². The Labute approximate surface area is 376 Å². The second kappa shape index (κ2) is 14.8. The summed E-state index contributed by atoms with van der Waals surface area (Å²) in [5, 5.41) is 6.73. The lowest BCUT2D eigenvalue weighted by atomic mass is 9.67. The molecular weight excluding hydrogens is 789 g/mol. The van der Waals surface area contributed by atoms with E-state index in [4.69, 9.17) is 19.9 Å². The summed E-state index contributed by atoms with van der Waals surface area (Å²) in [6, 6.07) is 82.2. The maximum absolute atomic E-state index is 5.46. The van der Waals surface area contributed by atoms with Crippen molar-refractivity contribution in [3.63, 3.8) is 0 Å². The SMILES string of the molecule is c1ccc(C2(c3ccccc3)c3cc(-c4nc(-c5cccc6ccccc56)c5ccccc5n4)ccc3-c3ccc(-c4nc(-c5cccc6ccccc56)c5ccccc5n4)cc32)cc1. The Bertz CT molecular complexity index is 3580. The van der Waals surface area contributed by atoms with Crippen molar-refractivity contribution in [3.05, 3.63) is 253 Å². The summed E-state index contributed by atoms with van der Waals surface area (Å²) in [7, 11) is 0. The Morgan fingerprint density at radius 3 is 1.12 bits per heavy atom. The van der Waals surface area contributed by atoms with E-state index in [2.05, 4.69) is 231 Å². The van der Waals surface area contributed by atoms with Crippen molar-refractivity contribution in [2.24, 2.45) is 0 Å². The molecule has 0 saturated carbocycles. The van der Waals surface area contributed by atoms with E-state index >= 15 is 0 Å². The Morgan fingerprint density at radius 1 is 0.277 bits per heavy atom. The summed E-state index contributed by atoms with van der Waals surface area (Å²) >= 11 is 0. The van der Waals surface area contributed by atoms with E-state index in [1.54, 1.807) is 0 Å². The molecule has 13 rings (SSSR count). The first kappa shape index (κ1) is 37.0. The van der Waals surface area contributed by atoms with Gasteiger partial charge < -0.3 is 0 Å². The number of hydrogen-bond donors (Lipinski definition) is 0. The fraction of sp³-hybridized carbons (Fsp3) is 0.0164. The molecule has 0 aliphatic heterocycles. The van der Waals surface area contributed by atoms with E-state index in [-0.39, 0.29) is 0 Å². The minimum absolute atomic E-state index is 0.687. The van der Waals surface area contributed by atoms with Crippen molar-refractivity contribution in [3.8, 4) is 56.4 Å². The molecule has 0 bridgehead atoms. The van der Waals surface area contributed by atoms with Gasteiger partial charge in [0.15, 0.2) is 11.6 Å². The van der Waals surface area contributed by atoms with Crippen molar-refractivity contribution >= 4 is 43.4 Å². The van der Waals surface area contributed by atoms with Crippen molar-refractivity contribution in [1.82, 2.24) is 19.9 Å². The van der Waals surface area contributed by atoms with Crippen LogP contribution in [0.25, 0.3) is 99.8 Å². The molecule has 4 nitrogen and oxygen atoms in total. The van der Waals surface area contributed by atoms with Crippen LogP contribution in [0.4, 0.5) is 0 Å². The molecular formula is C61H38N4. The third-order valence-electron chi connectivity index (χ3n) is 13.4. The van der Waals surface area contributed by atoms with Crippen LogP contribution in [0.5, 0.6) is 0 Å². The number of benzene rings is 10. The van der Waals surface area contributed by atoms with Crippen LogP contribution < -0.4 is 0 Å². The second-order valence-electron chi connectivity index (χ2n) is 16.9. The van der Waals surface area contributed by atoms with Gasteiger partial charge in [-0.25, -0.2) is 19.9 Å². The Hall–Kier alpha value is -8.60. The number of aromatic nitrogens is 4. The maximum atomic E-state index is 5.46. The van der Waals surface area contributed by atoms with Crippen molar-refractivity contribution in [1.29, 1.82) is 0 Å². The molecule has 0 N–H and O–H groups in total. The molecule has 12 aromatic rings. The Balaban J connectivity index is 1.05. The summed E-state index contributed by atoms with van der Waals surface area (Å²) in [6.07, 6.45) is 0. The quantitative estimate of drug-likeness (QED) is 0.168. The minimum Gasteiger partial charge on any atom is -0.228 e. The monoisotopic (exact) mass is 826 g/mol. The standard InChI is InChI=1S/C61H38N4/c1-3-21-43(22-4-1)61(44-23-5-2-6-24-44)53-37-41(59-62-55-31-13-11-27-51(55)57(64-59)49-29-15-19-39-17-7-9-25-45(39)49)33-35-47(53)48-36-34-42(38-54(48)61)60-63-56-32-14-12-28-52(56)58(65-60)50-30-16-20-40-18-8-10-26-46(40)50/h1-38H. The molecule has 0 fully saturated rings. The van der Waals surface area contributed by atoms with Crippen LogP contribution >= 0.6 is 0 Å². The first-order chi connectivity index (χ1) is 32.2. The highest BCUT2D eigenvalue weighted by atomic mass is 14.9. The Morgan fingerprint density at radius 2 is 0.662 bits per heavy atom. The number of hydrogen-bond acceptors (Lipinski definition) is 4. The van der Waals surface area contributed by atoms with Gasteiger partial charge in [-0.3, -0.25) is 0 Å². The topological polar surface area (TPSA) is 51.6 Å². The number of fused-ring (bicyclic) bond motifs is 7. The molecule has 10 aromatic carbocycles. The fourth-order valence-electron chi connectivity index (χ4n) is 10.5. The predicted molar refractivity (Wildman–Crippen MR) is 267 cm³/mol. The largest absolute Gasteiger partial charge is 0.228 e. The van der Waals surface area contributed by atoms with Crippen molar-refractivity contribution in [2.45, 2.75) is 5.41 Å². The van der Waals surface area contributed by atoms with E-state index in [0.717, 1.165) is 66.2 Å². The van der Waals surface area contributed by atoms with E-state index in [1.807, 2.05) is 0 Å². The van der Waals surface area contributed by atoms with Gasteiger partial charge in [0.2, 0.25) is 0 Å². The molecule has 1 aliphatic rings. The summed E-state index contributed by atoms with van der Waals surface area (Å²) in [5.41, 5.74) is 14.1. The van der Waals surface area contributed by atoms with Gasteiger partial charge in [-0.05, 0) is 79.2 Å². The van der Waals surface area contributed by atoms with Gasteiger partial charge in [0.25, 0.3) is 0 Å². The second-order valence-corrected chi connectivity index (χ2v) is 16.9. The number of rotatable bonds is 6. The molecule has 0 amide bonds. The van der Waals surface area contributed by atoms with Crippen LogP contribution in [-0.4, -0.2) is 19.9 Å². The van der Waals surface area contributed by atoms with Crippen molar-refractivity contribution < 1.29 is 0 Å². The normalized spacial score (nSPS) is 12.7. The first-order valence-electron chi connectivity index (χ1n) is 22.1. The molecule has 65 heavy (non-hydrogen) atoms. The lowest BCUT2D eigenvalue weighted by molar-refractivity contribution is 0.768. The van der Waals surface area contributed by atoms with E-state index < -0.39 is 5.41 Å². The van der Waals surface area contributed by atoms with Gasteiger partial charge in [-0.1, -0.05) is 206 Å². The van der Waals surface area contributed by atoms with Gasteiger partial charge in [0, 0.05) is 33.0 Å². The number of para-hydroxylation sites is 2. The van der Waals surface area contributed by atoms with Gasteiger partial charge in [-0.2, -0.15) is 0 Å².